The van der Waals surface area contributed by atoms with E-state index in [9.17, 15) is 4.79 Å². The number of hydrogen-bond donors (Lipinski definition) is 1. The SMILES string of the molecule is CCC(C)(C)n1nnnc1CN(Cc1ccccc1)Cc1cc2c(C)ccc(C)c2[nH]c1=O. The van der Waals surface area contributed by atoms with E-state index >= 15 is 0 Å². The zero-order valence-electron chi connectivity index (χ0n) is 20.1. The molecule has 2 aromatic heterocycles. The number of pyridine rings is 1. The van der Waals surface area contributed by atoms with Crippen LogP contribution < -0.4 is 5.56 Å². The first-order chi connectivity index (χ1) is 15.8. The summed E-state index contributed by atoms with van der Waals surface area (Å²) in [5, 5.41) is 13.6. The van der Waals surface area contributed by atoms with Crippen LogP contribution in [0.5, 0.6) is 0 Å². The first kappa shape index (κ1) is 22.9. The Kier molecular flexibility index (Phi) is 6.42. The van der Waals surface area contributed by atoms with Gasteiger partial charge in [-0.2, -0.15) is 0 Å². The molecule has 7 heteroatoms. The maximum Gasteiger partial charge on any atom is 0.252 e. The van der Waals surface area contributed by atoms with Crippen LogP contribution in [-0.4, -0.2) is 30.1 Å². The third-order valence-corrected chi connectivity index (χ3v) is 6.50. The van der Waals surface area contributed by atoms with Crippen LogP contribution in [0, 0.1) is 13.8 Å². The lowest BCUT2D eigenvalue weighted by atomic mass is 10.0. The van der Waals surface area contributed by atoms with Gasteiger partial charge in [0, 0.05) is 24.0 Å². The molecule has 2 heterocycles. The number of fused-ring (bicyclic) bond motifs is 1. The number of nitrogens with one attached hydrogen (secondary N) is 1. The number of hydrogen-bond acceptors (Lipinski definition) is 5. The Morgan fingerprint density at radius 2 is 1.73 bits per heavy atom. The molecule has 0 aliphatic heterocycles. The molecule has 172 valence electrons. The third kappa shape index (κ3) is 4.88. The highest BCUT2D eigenvalue weighted by atomic mass is 16.1. The van der Waals surface area contributed by atoms with Crippen LogP contribution in [0.15, 0.2) is 53.3 Å². The van der Waals surface area contributed by atoms with Crippen LogP contribution in [0.1, 0.15) is 55.3 Å². The topological polar surface area (TPSA) is 79.7 Å². The molecule has 0 spiro atoms. The summed E-state index contributed by atoms with van der Waals surface area (Å²) in [7, 11) is 0. The Morgan fingerprint density at radius 1 is 1.00 bits per heavy atom. The largest absolute Gasteiger partial charge is 0.321 e. The predicted molar refractivity (Wildman–Crippen MR) is 131 cm³/mol. The fourth-order valence-electron chi connectivity index (χ4n) is 4.11. The number of rotatable bonds is 8. The molecule has 33 heavy (non-hydrogen) atoms. The van der Waals surface area contributed by atoms with E-state index in [1.807, 2.05) is 41.9 Å². The van der Waals surface area contributed by atoms with Gasteiger partial charge in [0.15, 0.2) is 5.82 Å². The third-order valence-electron chi connectivity index (χ3n) is 6.50. The lowest BCUT2D eigenvalue weighted by molar-refractivity contribution is 0.217. The minimum atomic E-state index is -0.188. The number of H-pyrrole nitrogens is 1. The Morgan fingerprint density at radius 3 is 2.45 bits per heavy atom. The molecule has 0 saturated heterocycles. The second-order valence-corrected chi connectivity index (χ2v) is 9.42. The fourth-order valence-corrected chi connectivity index (χ4v) is 4.11. The molecule has 0 radical (unpaired) electrons. The van der Waals surface area contributed by atoms with Crippen molar-refractivity contribution in [3.8, 4) is 0 Å². The number of aromatic amines is 1. The zero-order valence-corrected chi connectivity index (χ0v) is 20.1. The van der Waals surface area contributed by atoms with Crippen molar-refractivity contribution in [2.75, 3.05) is 0 Å². The molecule has 0 fully saturated rings. The van der Waals surface area contributed by atoms with Crippen LogP contribution in [-0.2, 0) is 25.2 Å². The van der Waals surface area contributed by atoms with E-state index in [0.717, 1.165) is 39.8 Å². The van der Waals surface area contributed by atoms with Crippen LogP contribution >= 0.6 is 0 Å². The van der Waals surface area contributed by atoms with E-state index in [-0.39, 0.29) is 11.1 Å². The summed E-state index contributed by atoms with van der Waals surface area (Å²) >= 11 is 0. The first-order valence-electron chi connectivity index (χ1n) is 11.4. The van der Waals surface area contributed by atoms with Crippen LogP contribution in [0.25, 0.3) is 10.9 Å². The predicted octanol–water partition coefficient (Wildman–Crippen LogP) is 4.48. The molecule has 7 nitrogen and oxygen atoms in total. The molecule has 0 aliphatic carbocycles. The number of aromatic nitrogens is 5. The Labute approximate surface area is 194 Å². The van der Waals surface area contributed by atoms with Gasteiger partial charge >= 0.3 is 0 Å². The van der Waals surface area contributed by atoms with Gasteiger partial charge in [-0.05, 0) is 67.3 Å². The summed E-state index contributed by atoms with van der Waals surface area (Å²) in [6.07, 6.45) is 0.909. The summed E-state index contributed by atoms with van der Waals surface area (Å²) < 4.78 is 1.91. The molecule has 0 aliphatic rings. The van der Waals surface area contributed by atoms with E-state index in [2.05, 4.69) is 71.3 Å². The van der Waals surface area contributed by atoms with E-state index in [0.29, 0.717) is 19.6 Å². The van der Waals surface area contributed by atoms with Crippen molar-refractivity contribution < 1.29 is 0 Å². The molecule has 0 amide bonds. The van der Waals surface area contributed by atoms with E-state index in [4.69, 9.17) is 0 Å². The average molecular weight is 445 g/mol. The van der Waals surface area contributed by atoms with Crippen molar-refractivity contribution in [3.05, 3.63) is 87.0 Å². The van der Waals surface area contributed by atoms with Crippen molar-refractivity contribution in [2.45, 2.75) is 66.2 Å². The number of tetrazole rings is 1. The van der Waals surface area contributed by atoms with Crippen molar-refractivity contribution in [3.63, 3.8) is 0 Å². The van der Waals surface area contributed by atoms with E-state index in [1.54, 1.807) is 0 Å². The van der Waals surface area contributed by atoms with Crippen LogP contribution in [0.3, 0.4) is 0 Å². The normalized spacial score (nSPS) is 12.1. The Bertz CT molecular complexity index is 1310. The first-order valence-corrected chi connectivity index (χ1v) is 11.4. The number of nitrogens with zero attached hydrogens (tertiary/aromatic N) is 5. The van der Waals surface area contributed by atoms with Crippen LogP contribution in [0.4, 0.5) is 0 Å². The quantitative estimate of drug-likeness (QED) is 0.433. The molecule has 4 rings (SSSR count). The second kappa shape index (κ2) is 9.27. The summed E-state index contributed by atoms with van der Waals surface area (Å²) in [5.74, 6) is 0.794. The lowest BCUT2D eigenvalue weighted by Gasteiger charge is -2.27. The van der Waals surface area contributed by atoms with Crippen LogP contribution in [0.2, 0.25) is 0 Å². The molecule has 0 unspecified atom stereocenters. The molecule has 0 saturated carbocycles. The monoisotopic (exact) mass is 444 g/mol. The van der Waals surface area contributed by atoms with Gasteiger partial charge in [-0.1, -0.05) is 49.4 Å². The summed E-state index contributed by atoms with van der Waals surface area (Å²) in [5.41, 5.74) is 4.80. The Balaban J connectivity index is 1.71. The van der Waals surface area contributed by atoms with Crippen molar-refractivity contribution in [2.24, 2.45) is 0 Å². The molecule has 0 bridgehead atoms. The van der Waals surface area contributed by atoms with Gasteiger partial charge in [-0.3, -0.25) is 9.69 Å². The molecular formula is C26H32N6O. The highest BCUT2D eigenvalue weighted by Gasteiger charge is 2.25. The second-order valence-electron chi connectivity index (χ2n) is 9.42. The van der Waals surface area contributed by atoms with Gasteiger partial charge < -0.3 is 4.98 Å². The van der Waals surface area contributed by atoms with E-state index in [1.165, 1.54) is 5.56 Å². The number of benzene rings is 2. The molecule has 4 aromatic rings. The maximum atomic E-state index is 13.0. The molecular weight excluding hydrogens is 412 g/mol. The standard InChI is InChI=1S/C26H32N6O/c1-6-26(4,5)32-23(28-29-30-32)17-31(15-20-10-8-7-9-11-20)16-21-14-22-18(2)12-13-19(3)24(22)27-25(21)33/h7-14H,6,15-17H2,1-5H3,(H,27,33). The van der Waals surface area contributed by atoms with Crippen molar-refractivity contribution >= 4 is 10.9 Å². The number of aryl methyl sites for hydroxylation is 2. The molecule has 1 N–H and O–H groups in total. The Hall–Kier alpha value is -3.32. The minimum absolute atomic E-state index is 0.0530. The maximum absolute atomic E-state index is 13.0. The van der Waals surface area contributed by atoms with Crippen molar-refractivity contribution in [1.29, 1.82) is 0 Å². The highest BCUT2D eigenvalue weighted by molar-refractivity contribution is 5.85. The zero-order chi connectivity index (χ0) is 23.6. The van der Waals surface area contributed by atoms with Gasteiger partial charge in [0.05, 0.1) is 17.6 Å². The smallest absolute Gasteiger partial charge is 0.252 e. The summed E-state index contributed by atoms with van der Waals surface area (Å²) in [4.78, 5) is 18.4. The van der Waals surface area contributed by atoms with Gasteiger partial charge in [-0.15, -0.1) is 5.10 Å². The van der Waals surface area contributed by atoms with Gasteiger partial charge in [0.25, 0.3) is 5.56 Å². The van der Waals surface area contributed by atoms with Crippen molar-refractivity contribution in [1.82, 2.24) is 30.1 Å². The van der Waals surface area contributed by atoms with Gasteiger partial charge in [-0.25, -0.2) is 4.68 Å². The van der Waals surface area contributed by atoms with E-state index < -0.39 is 0 Å². The van der Waals surface area contributed by atoms with Gasteiger partial charge in [0.2, 0.25) is 0 Å². The fraction of sp³-hybridized carbons (Fsp3) is 0.385. The molecule has 2 aromatic carbocycles. The van der Waals surface area contributed by atoms with Gasteiger partial charge in [0.1, 0.15) is 0 Å². The minimum Gasteiger partial charge on any atom is -0.321 e. The lowest BCUT2D eigenvalue weighted by Crippen LogP contribution is -2.32. The average Bonchev–Trinajstić information content (AvgIpc) is 3.27. The summed E-state index contributed by atoms with van der Waals surface area (Å²) in [6, 6.07) is 16.5. The molecule has 0 atom stereocenters. The summed E-state index contributed by atoms with van der Waals surface area (Å²) in [6.45, 7) is 12.2. The highest BCUT2D eigenvalue weighted by Crippen LogP contribution is 2.23.